The molecule has 0 spiro atoms. The van der Waals surface area contributed by atoms with E-state index in [2.05, 4.69) is 27.3 Å². The topological polar surface area (TPSA) is 51.2 Å². The molecule has 0 aliphatic heterocycles. The maximum atomic E-state index is 12.8. The fourth-order valence-electron chi connectivity index (χ4n) is 2.88. The van der Waals surface area contributed by atoms with Crippen LogP contribution in [0.2, 0.25) is 0 Å². The molecule has 1 amide bonds. The van der Waals surface area contributed by atoms with Crippen molar-refractivity contribution >= 4 is 49.1 Å². The summed E-state index contributed by atoms with van der Waals surface area (Å²) in [5, 5.41) is 3.89. The van der Waals surface area contributed by atoms with Crippen LogP contribution in [0.15, 0.2) is 71.2 Å². The van der Waals surface area contributed by atoms with Gasteiger partial charge in [-0.15, -0.1) is 11.3 Å². The number of halogens is 1. The number of nitrogens with one attached hydrogen (secondary N) is 1. The Bertz CT molecular complexity index is 1120. The molecular formula is C22H17BrN2O2S. The minimum Gasteiger partial charge on any atom is -0.493 e. The summed E-state index contributed by atoms with van der Waals surface area (Å²) < 4.78 is 7.38. The molecule has 4 nitrogen and oxygen atoms in total. The van der Waals surface area contributed by atoms with E-state index in [1.807, 2.05) is 49.4 Å². The molecule has 0 saturated carbocycles. The van der Waals surface area contributed by atoms with Crippen molar-refractivity contribution < 1.29 is 9.53 Å². The van der Waals surface area contributed by atoms with Gasteiger partial charge in [0.1, 0.15) is 10.8 Å². The number of nitrogens with zero attached hydrogens (tertiary/aromatic N) is 1. The van der Waals surface area contributed by atoms with Crippen molar-refractivity contribution in [2.24, 2.45) is 0 Å². The van der Waals surface area contributed by atoms with Crippen LogP contribution in [0.3, 0.4) is 0 Å². The summed E-state index contributed by atoms with van der Waals surface area (Å²) >= 11 is 5.07. The molecule has 0 atom stereocenters. The molecule has 140 valence electrons. The van der Waals surface area contributed by atoms with Crippen LogP contribution < -0.4 is 10.1 Å². The summed E-state index contributed by atoms with van der Waals surface area (Å²) in [5.74, 6) is 0.534. The Hall–Kier alpha value is -2.70. The van der Waals surface area contributed by atoms with Gasteiger partial charge in [-0.2, -0.15) is 0 Å². The molecule has 4 rings (SSSR count). The average Bonchev–Trinajstić information content (AvgIpc) is 3.14. The van der Waals surface area contributed by atoms with Crippen molar-refractivity contribution in [3.63, 3.8) is 0 Å². The van der Waals surface area contributed by atoms with Crippen LogP contribution >= 0.6 is 27.3 Å². The normalized spacial score (nSPS) is 10.8. The monoisotopic (exact) mass is 452 g/mol. The van der Waals surface area contributed by atoms with Crippen LogP contribution in [0, 0.1) is 0 Å². The number of thiazole rings is 1. The fourth-order valence-corrected chi connectivity index (χ4v) is 4.37. The molecule has 0 aliphatic carbocycles. The molecule has 1 heterocycles. The molecule has 4 aromatic rings. The number of benzene rings is 3. The van der Waals surface area contributed by atoms with Crippen LogP contribution in [-0.2, 0) is 0 Å². The maximum absolute atomic E-state index is 12.8. The number of anilines is 1. The molecule has 1 aromatic heterocycles. The SMILES string of the molecule is CCOc1ccc(C(=O)Nc2ccccc2-c2nc3ccccc3s2)cc1Br. The van der Waals surface area contributed by atoms with Crippen LogP contribution in [-0.4, -0.2) is 17.5 Å². The second-order valence-corrected chi connectivity index (χ2v) is 7.95. The van der Waals surface area contributed by atoms with Gasteiger partial charge < -0.3 is 10.1 Å². The first-order valence-electron chi connectivity index (χ1n) is 8.84. The number of hydrogen-bond acceptors (Lipinski definition) is 4. The van der Waals surface area contributed by atoms with E-state index >= 15 is 0 Å². The van der Waals surface area contributed by atoms with E-state index in [1.54, 1.807) is 29.5 Å². The maximum Gasteiger partial charge on any atom is 0.255 e. The summed E-state index contributed by atoms with van der Waals surface area (Å²) in [5.41, 5.74) is 3.15. The standard InChI is InChI=1S/C22H17BrN2O2S/c1-2-27-19-12-11-14(13-16(19)23)21(26)24-17-8-4-3-7-15(17)22-25-18-9-5-6-10-20(18)28-22/h3-13H,2H2,1H3,(H,24,26). The highest BCUT2D eigenvalue weighted by molar-refractivity contribution is 9.10. The Kier molecular flexibility index (Phi) is 5.41. The summed E-state index contributed by atoms with van der Waals surface area (Å²) in [6, 6.07) is 21.1. The Morgan fingerprint density at radius 2 is 1.89 bits per heavy atom. The number of amides is 1. The molecule has 0 aliphatic rings. The van der Waals surface area contributed by atoms with Crippen molar-refractivity contribution in [1.29, 1.82) is 0 Å². The highest BCUT2D eigenvalue weighted by atomic mass is 79.9. The molecule has 3 aromatic carbocycles. The lowest BCUT2D eigenvalue weighted by Crippen LogP contribution is -2.12. The first kappa shape index (κ1) is 18.7. The quantitative estimate of drug-likeness (QED) is 0.382. The highest BCUT2D eigenvalue weighted by Crippen LogP contribution is 2.34. The largest absolute Gasteiger partial charge is 0.493 e. The van der Waals surface area contributed by atoms with Gasteiger partial charge in [0.05, 0.1) is 27.0 Å². The molecule has 0 bridgehead atoms. The Morgan fingerprint density at radius 1 is 1.11 bits per heavy atom. The number of carbonyl (C=O) groups is 1. The average molecular weight is 453 g/mol. The van der Waals surface area contributed by atoms with Gasteiger partial charge in [0.15, 0.2) is 0 Å². The van der Waals surface area contributed by atoms with Gasteiger partial charge in [-0.1, -0.05) is 24.3 Å². The lowest BCUT2D eigenvalue weighted by Gasteiger charge is -2.11. The van der Waals surface area contributed by atoms with E-state index in [0.717, 1.165) is 30.9 Å². The predicted octanol–water partition coefficient (Wildman–Crippen LogP) is 6.38. The van der Waals surface area contributed by atoms with Crippen molar-refractivity contribution in [2.75, 3.05) is 11.9 Å². The van der Waals surface area contributed by atoms with E-state index in [9.17, 15) is 4.79 Å². The molecule has 0 saturated heterocycles. The molecule has 1 N–H and O–H groups in total. The van der Waals surface area contributed by atoms with Crippen molar-refractivity contribution in [3.05, 3.63) is 76.8 Å². The minimum absolute atomic E-state index is 0.183. The van der Waals surface area contributed by atoms with Crippen molar-refractivity contribution in [2.45, 2.75) is 6.92 Å². The molecule has 0 unspecified atom stereocenters. The second kappa shape index (κ2) is 8.12. The number of hydrogen-bond donors (Lipinski definition) is 1. The lowest BCUT2D eigenvalue weighted by molar-refractivity contribution is 0.102. The third kappa shape index (κ3) is 3.79. The zero-order valence-corrected chi connectivity index (χ0v) is 17.5. The van der Waals surface area contributed by atoms with Crippen LogP contribution in [0.4, 0.5) is 5.69 Å². The second-order valence-electron chi connectivity index (χ2n) is 6.06. The van der Waals surface area contributed by atoms with Crippen molar-refractivity contribution in [1.82, 2.24) is 4.98 Å². The molecule has 0 fully saturated rings. The van der Waals surface area contributed by atoms with E-state index in [1.165, 1.54) is 0 Å². The number of ether oxygens (including phenoxy) is 1. The summed E-state index contributed by atoms with van der Waals surface area (Å²) in [4.78, 5) is 17.5. The zero-order valence-electron chi connectivity index (χ0n) is 15.1. The van der Waals surface area contributed by atoms with Gasteiger partial charge in [-0.25, -0.2) is 4.98 Å². The van der Waals surface area contributed by atoms with Crippen LogP contribution in [0.25, 0.3) is 20.8 Å². The Labute approximate surface area is 175 Å². The lowest BCUT2D eigenvalue weighted by atomic mass is 10.1. The van der Waals surface area contributed by atoms with E-state index in [0.29, 0.717) is 17.9 Å². The number of fused-ring (bicyclic) bond motifs is 1. The Balaban J connectivity index is 1.64. The van der Waals surface area contributed by atoms with Gasteiger partial charge in [-0.05, 0) is 65.3 Å². The van der Waals surface area contributed by atoms with E-state index < -0.39 is 0 Å². The highest BCUT2D eigenvalue weighted by Gasteiger charge is 2.14. The summed E-state index contributed by atoms with van der Waals surface area (Å²) in [6.45, 7) is 2.49. The number of aromatic nitrogens is 1. The van der Waals surface area contributed by atoms with Crippen LogP contribution in [0.1, 0.15) is 17.3 Å². The van der Waals surface area contributed by atoms with E-state index in [4.69, 9.17) is 9.72 Å². The van der Waals surface area contributed by atoms with Crippen molar-refractivity contribution in [3.8, 4) is 16.3 Å². The molecule has 28 heavy (non-hydrogen) atoms. The Morgan fingerprint density at radius 3 is 2.68 bits per heavy atom. The number of para-hydroxylation sites is 2. The smallest absolute Gasteiger partial charge is 0.255 e. The van der Waals surface area contributed by atoms with Gasteiger partial charge >= 0.3 is 0 Å². The van der Waals surface area contributed by atoms with E-state index in [-0.39, 0.29) is 5.91 Å². The summed E-state index contributed by atoms with van der Waals surface area (Å²) in [6.07, 6.45) is 0. The molecule has 0 radical (unpaired) electrons. The molecule has 6 heteroatoms. The minimum atomic E-state index is -0.183. The number of carbonyl (C=O) groups excluding carboxylic acids is 1. The summed E-state index contributed by atoms with van der Waals surface area (Å²) in [7, 11) is 0. The fraction of sp³-hybridized carbons (Fsp3) is 0.0909. The predicted molar refractivity (Wildman–Crippen MR) is 118 cm³/mol. The first-order chi connectivity index (χ1) is 13.7. The molecular weight excluding hydrogens is 436 g/mol. The van der Waals surface area contributed by atoms with Gasteiger partial charge in [0.25, 0.3) is 5.91 Å². The zero-order chi connectivity index (χ0) is 19.5. The van der Waals surface area contributed by atoms with Gasteiger partial charge in [-0.3, -0.25) is 4.79 Å². The third-order valence-corrected chi connectivity index (χ3v) is 5.88. The number of rotatable bonds is 5. The third-order valence-electron chi connectivity index (χ3n) is 4.19. The van der Waals surface area contributed by atoms with Gasteiger partial charge in [0, 0.05) is 11.1 Å². The van der Waals surface area contributed by atoms with Crippen LogP contribution in [0.5, 0.6) is 5.75 Å². The first-order valence-corrected chi connectivity index (χ1v) is 10.5. The van der Waals surface area contributed by atoms with Gasteiger partial charge in [0.2, 0.25) is 0 Å².